The molecule has 0 amide bonds. The van der Waals surface area contributed by atoms with Gasteiger partial charge in [0.05, 0.1) is 11.1 Å². The van der Waals surface area contributed by atoms with Crippen molar-refractivity contribution < 1.29 is 27.8 Å². The van der Waals surface area contributed by atoms with Gasteiger partial charge in [0.15, 0.2) is 0 Å². The van der Waals surface area contributed by atoms with E-state index in [1.54, 1.807) is 0 Å². The van der Waals surface area contributed by atoms with Crippen LogP contribution in [0.1, 0.15) is 24.0 Å². The van der Waals surface area contributed by atoms with E-state index in [1.807, 2.05) is 0 Å². The normalized spacial score (nSPS) is 16.4. The number of hydrogen-bond acceptors (Lipinski definition) is 2. The highest BCUT2D eigenvalue weighted by molar-refractivity contribution is 6.31. The number of fused-ring (bicyclic) bond motifs is 1. The zero-order valence-electron chi connectivity index (χ0n) is 12.1. The molecule has 0 spiro atoms. The molecule has 1 aromatic carbocycles. The van der Waals surface area contributed by atoms with Crippen molar-refractivity contribution in [3.63, 3.8) is 0 Å². The van der Waals surface area contributed by atoms with Gasteiger partial charge in [-0.2, -0.15) is 13.2 Å². The first-order valence-electron chi connectivity index (χ1n) is 6.80. The van der Waals surface area contributed by atoms with Crippen LogP contribution in [0.3, 0.4) is 0 Å². The molecule has 1 N–H and O–H groups in total. The first-order chi connectivity index (χ1) is 11.2. The topological polar surface area (TPSA) is 46.5 Å². The molecule has 0 radical (unpaired) electrons. The van der Waals surface area contributed by atoms with Crippen molar-refractivity contribution >= 4 is 35.2 Å². The van der Waals surface area contributed by atoms with E-state index in [0.29, 0.717) is 18.7 Å². The summed E-state index contributed by atoms with van der Waals surface area (Å²) in [5, 5.41) is 9.23. The highest BCUT2D eigenvalue weighted by Crippen LogP contribution is 2.40. The van der Waals surface area contributed by atoms with E-state index < -0.39 is 23.8 Å². The van der Waals surface area contributed by atoms with Crippen LogP contribution in [-0.4, -0.2) is 29.2 Å². The predicted octanol–water partition coefficient (Wildman–Crippen LogP) is 4.50. The Morgan fingerprint density at radius 3 is 2.67 bits per heavy atom. The lowest BCUT2D eigenvalue weighted by Gasteiger charge is -2.27. The molecule has 1 aliphatic heterocycles. The first-order valence-corrected chi connectivity index (χ1v) is 7.72. The molecule has 24 heavy (non-hydrogen) atoms. The van der Waals surface area contributed by atoms with E-state index in [0.717, 1.165) is 6.08 Å². The van der Waals surface area contributed by atoms with Gasteiger partial charge in [-0.1, -0.05) is 23.4 Å². The minimum atomic E-state index is -4.87. The van der Waals surface area contributed by atoms with Crippen LogP contribution in [0.2, 0.25) is 5.02 Å². The minimum Gasteiger partial charge on any atom is -0.478 e. The Morgan fingerprint density at radius 1 is 1.38 bits per heavy atom. The molecule has 1 aliphatic rings. The number of benzene rings is 1. The zero-order chi connectivity index (χ0) is 17.9. The summed E-state index contributed by atoms with van der Waals surface area (Å²) in [4.78, 5) is 11.1. The number of carboxylic acids is 1. The maximum atomic E-state index is 13.1. The van der Waals surface area contributed by atoms with E-state index >= 15 is 0 Å². The second-order valence-corrected chi connectivity index (χ2v) is 5.72. The standard InChI is InChI=1S/C16H11Cl2F3O3/c17-5-3-1-2-4-9-6-11(18)7-10-8-12(15(22)23)14(16(19,20)21)24-13(9)10/h6-8,14H,1,3,5H2,(H,22,23)/t14-/m0/s1. The second kappa shape index (κ2) is 7.37. The third-order valence-corrected chi connectivity index (χ3v) is 3.60. The zero-order valence-corrected chi connectivity index (χ0v) is 13.6. The van der Waals surface area contributed by atoms with Crippen molar-refractivity contribution in [3.05, 3.63) is 33.9 Å². The lowest BCUT2D eigenvalue weighted by atomic mass is 9.99. The van der Waals surface area contributed by atoms with Crippen LogP contribution in [0.5, 0.6) is 5.75 Å². The number of hydrogen-bond donors (Lipinski definition) is 1. The van der Waals surface area contributed by atoms with Gasteiger partial charge < -0.3 is 9.84 Å². The molecule has 8 heteroatoms. The minimum absolute atomic E-state index is 0.134. The van der Waals surface area contributed by atoms with Gasteiger partial charge in [-0.15, -0.1) is 11.6 Å². The maximum Gasteiger partial charge on any atom is 0.430 e. The molecule has 0 aromatic heterocycles. The Balaban J connectivity index is 2.52. The molecule has 0 aliphatic carbocycles. The van der Waals surface area contributed by atoms with Crippen LogP contribution in [0.15, 0.2) is 17.7 Å². The van der Waals surface area contributed by atoms with Crippen molar-refractivity contribution in [1.29, 1.82) is 0 Å². The molecule has 0 fully saturated rings. The molecule has 0 saturated carbocycles. The van der Waals surface area contributed by atoms with E-state index in [-0.39, 0.29) is 21.9 Å². The molecule has 1 heterocycles. The Hall–Kier alpha value is -1.84. The summed E-state index contributed by atoms with van der Waals surface area (Å²) in [5.74, 6) is 4.05. The quantitative estimate of drug-likeness (QED) is 0.478. The summed E-state index contributed by atoms with van der Waals surface area (Å²) >= 11 is 11.5. The number of alkyl halides is 4. The summed E-state index contributed by atoms with van der Waals surface area (Å²) in [6.07, 6.45) is -5.43. The van der Waals surface area contributed by atoms with Crippen molar-refractivity contribution in [2.45, 2.75) is 25.1 Å². The Labute approximate surface area is 146 Å². The molecule has 0 unspecified atom stereocenters. The maximum absolute atomic E-state index is 13.1. The number of ether oxygens (including phenoxy) is 1. The summed E-state index contributed by atoms with van der Waals surface area (Å²) < 4.78 is 44.3. The van der Waals surface area contributed by atoms with E-state index in [2.05, 4.69) is 11.8 Å². The molecule has 0 bridgehead atoms. The Kier molecular flexibility index (Phi) is 5.68. The lowest BCUT2D eigenvalue weighted by molar-refractivity contribution is -0.187. The highest BCUT2D eigenvalue weighted by atomic mass is 35.5. The van der Waals surface area contributed by atoms with Gasteiger partial charge in [0.2, 0.25) is 6.10 Å². The van der Waals surface area contributed by atoms with Crippen LogP contribution >= 0.6 is 23.2 Å². The number of carbonyl (C=O) groups is 1. The van der Waals surface area contributed by atoms with Crippen molar-refractivity contribution in [3.8, 4) is 17.6 Å². The average molecular weight is 379 g/mol. The largest absolute Gasteiger partial charge is 0.478 e. The SMILES string of the molecule is O=C(O)C1=Cc2cc(Cl)cc(C#CCCCCl)c2O[C@@H]1C(F)(F)F. The van der Waals surface area contributed by atoms with Gasteiger partial charge >= 0.3 is 12.1 Å². The molecule has 2 rings (SSSR count). The highest BCUT2D eigenvalue weighted by Gasteiger charge is 2.48. The van der Waals surface area contributed by atoms with Crippen LogP contribution in [0.25, 0.3) is 6.08 Å². The summed E-state index contributed by atoms with van der Waals surface area (Å²) in [6.45, 7) is 0. The summed E-state index contributed by atoms with van der Waals surface area (Å²) in [7, 11) is 0. The first kappa shape index (κ1) is 18.5. The average Bonchev–Trinajstić information content (AvgIpc) is 2.49. The molecule has 1 atom stereocenters. The van der Waals surface area contributed by atoms with Gasteiger partial charge in [-0.25, -0.2) is 4.79 Å². The van der Waals surface area contributed by atoms with Gasteiger partial charge in [-0.05, 0) is 24.6 Å². The number of unbranched alkanes of at least 4 members (excludes halogenated alkanes) is 1. The van der Waals surface area contributed by atoms with Gasteiger partial charge in [0.25, 0.3) is 0 Å². The number of carboxylic acid groups (broad SMARTS) is 1. The monoisotopic (exact) mass is 378 g/mol. The number of aliphatic carboxylic acids is 1. The lowest BCUT2D eigenvalue weighted by Crippen LogP contribution is -2.40. The Bertz CT molecular complexity index is 745. The fourth-order valence-electron chi connectivity index (χ4n) is 2.10. The van der Waals surface area contributed by atoms with Crippen LogP contribution in [0, 0.1) is 11.8 Å². The number of rotatable bonds is 3. The number of halogens is 5. The second-order valence-electron chi connectivity index (χ2n) is 4.91. The molecular weight excluding hydrogens is 368 g/mol. The van der Waals surface area contributed by atoms with Gasteiger partial charge in [-0.3, -0.25) is 0 Å². The summed E-state index contributed by atoms with van der Waals surface area (Å²) in [6, 6.07) is 2.71. The van der Waals surface area contributed by atoms with Crippen LogP contribution in [0.4, 0.5) is 13.2 Å². The van der Waals surface area contributed by atoms with E-state index in [9.17, 15) is 18.0 Å². The van der Waals surface area contributed by atoms with Crippen LogP contribution < -0.4 is 4.74 Å². The van der Waals surface area contributed by atoms with Gasteiger partial charge in [0.1, 0.15) is 5.75 Å². The van der Waals surface area contributed by atoms with E-state index in [4.69, 9.17) is 33.0 Å². The molecular formula is C16H11Cl2F3O3. The third-order valence-electron chi connectivity index (χ3n) is 3.11. The smallest absolute Gasteiger partial charge is 0.430 e. The third kappa shape index (κ3) is 4.16. The molecule has 0 saturated heterocycles. The predicted molar refractivity (Wildman–Crippen MR) is 84.4 cm³/mol. The van der Waals surface area contributed by atoms with Crippen molar-refractivity contribution in [2.75, 3.05) is 5.88 Å². The molecule has 128 valence electrons. The fourth-order valence-corrected chi connectivity index (χ4v) is 2.46. The van der Waals surface area contributed by atoms with Crippen LogP contribution in [-0.2, 0) is 4.79 Å². The summed E-state index contributed by atoms with van der Waals surface area (Å²) in [5.41, 5.74) is -0.595. The fraction of sp³-hybridized carbons (Fsp3) is 0.312. The molecule has 1 aromatic rings. The van der Waals surface area contributed by atoms with E-state index in [1.165, 1.54) is 12.1 Å². The van der Waals surface area contributed by atoms with Crippen molar-refractivity contribution in [2.24, 2.45) is 0 Å². The van der Waals surface area contributed by atoms with Gasteiger partial charge in [0, 0.05) is 22.9 Å². The molecule has 3 nitrogen and oxygen atoms in total. The van der Waals surface area contributed by atoms with Crippen molar-refractivity contribution in [1.82, 2.24) is 0 Å². The Morgan fingerprint density at radius 2 is 2.08 bits per heavy atom.